The Hall–Kier alpha value is -2.54. The highest BCUT2D eigenvalue weighted by atomic mass is 32.2. The Morgan fingerprint density at radius 2 is 1.71 bits per heavy atom. The minimum atomic E-state index is -3.19. The average molecular weight is 404 g/mol. The van der Waals surface area contributed by atoms with Crippen molar-refractivity contribution >= 4 is 15.8 Å². The van der Waals surface area contributed by atoms with Crippen LogP contribution in [-0.4, -0.2) is 46.9 Å². The van der Waals surface area contributed by atoms with Crippen LogP contribution in [0.1, 0.15) is 25.3 Å². The minimum absolute atomic E-state index is 0.207. The van der Waals surface area contributed by atoms with Gasteiger partial charge in [0.05, 0.1) is 11.4 Å². The monoisotopic (exact) mass is 403 g/mol. The maximum absolute atomic E-state index is 11.5. The van der Waals surface area contributed by atoms with Crippen LogP contribution in [0, 0.1) is 0 Å². The Balaban J connectivity index is 1.78. The first-order valence-corrected chi connectivity index (χ1v) is 11.2. The molecule has 0 bridgehead atoms. The van der Waals surface area contributed by atoms with Gasteiger partial charge in [0.1, 0.15) is 12.4 Å². The van der Waals surface area contributed by atoms with E-state index in [4.69, 9.17) is 4.74 Å². The molecule has 0 saturated heterocycles. The molecule has 0 amide bonds. The van der Waals surface area contributed by atoms with Crippen molar-refractivity contribution in [3.63, 3.8) is 0 Å². The number of nitrogens with one attached hydrogen (secondary N) is 2. The quantitative estimate of drug-likeness (QED) is 0.402. The van der Waals surface area contributed by atoms with E-state index in [0.717, 1.165) is 0 Å². The van der Waals surface area contributed by atoms with Crippen LogP contribution >= 0.6 is 0 Å². The van der Waals surface area contributed by atoms with E-state index in [1.807, 2.05) is 18.2 Å². The van der Waals surface area contributed by atoms with Gasteiger partial charge in [0, 0.05) is 25.3 Å². The predicted octanol–water partition coefficient (Wildman–Crippen LogP) is 2.83. The second-order valence-corrected chi connectivity index (χ2v) is 8.74. The summed E-state index contributed by atoms with van der Waals surface area (Å²) in [6, 6.07) is 17.0. The van der Waals surface area contributed by atoms with Crippen LogP contribution in [0.15, 0.2) is 64.5 Å². The van der Waals surface area contributed by atoms with Crippen molar-refractivity contribution in [1.29, 1.82) is 0 Å². The van der Waals surface area contributed by atoms with E-state index in [0.29, 0.717) is 30.8 Å². The summed E-state index contributed by atoms with van der Waals surface area (Å²) in [7, 11) is -1.45. The van der Waals surface area contributed by atoms with Crippen LogP contribution in [0.25, 0.3) is 0 Å². The van der Waals surface area contributed by atoms with Gasteiger partial charge in [0.25, 0.3) is 0 Å². The third-order valence-electron chi connectivity index (χ3n) is 4.58. The van der Waals surface area contributed by atoms with Crippen LogP contribution in [-0.2, 0) is 9.84 Å². The highest BCUT2D eigenvalue weighted by Gasteiger charge is 2.15. The van der Waals surface area contributed by atoms with E-state index in [1.165, 1.54) is 11.8 Å². The lowest BCUT2D eigenvalue weighted by Gasteiger charge is -2.24. The molecule has 7 heteroatoms. The third-order valence-corrected chi connectivity index (χ3v) is 5.71. The molecule has 28 heavy (non-hydrogen) atoms. The maximum Gasteiger partial charge on any atom is 0.191 e. The van der Waals surface area contributed by atoms with Crippen LogP contribution in [0.5, 0.6) is 5.75 Å². The molecular formula is C21H29N3O3S. The van der Waals surface area contributed by atoms with Crippen LogP contribution in [0.2, 0.25) is 0 Å². The summed E-state index contributed by atoms with van der Waals surface area (Å²) in [6.07, 6.45) is 1.19. The summed E-state index contributed by atoms with van der Waals surface area (Å²) >= 11 is 0. The maximum atomic E-state index is 11.5. The Kier molecular flexibility index (Phi) is 7.87. The average Bonchev–Trinajstić information content (AvgIpc) is 2.69. The van der Waals surface area contributed by atoms with Gasteiger partial charge in [-0.15, -0.1) is 0 Å². The van der Waals surface area contributed by atoms with Crippen LogP contribution in [0.4, 0.5) is 0 Å². The molecule has 2 aromatic carbocycles. The minimum Gasteiger partial charge on any atom is -0.492 e. The first-order valence-electron chi connectivity index (χ1n) is 9.26. The summed E-state index contributed by atoms with van der Waals surface area (Å²) in [5, 5.41) is 6.63. The highest BCUT2D eigenvalue weighted by molar-refractivity contribution is 7.90. The number of aliphatic imine (C=N–C) groups is 1. The molecular weight excluding hydrogens is 374 g/mol. The SMILES string of the molecule is CN=C(NCCOc1ccc(S(C)(=O)=O)cc1)NC(C)C(C)c1ccccc1. The van der Waals surface area contributed by atoms with Crippen molar-refractivity contribution in [2.75, 3.05) is 26.5 Å². The lowest BCUT2D eigenvalue weighted by Crippen LogP contribution is -2.45. The Morgan fingerprint density at radius 1 is 1.07 bits per heavy atom. The number of benzene rings is 2. The summed E-state index contributed by atoms with van der Waals surface area (Å²) in [5.41, 5.74) is 1.28. The largest absolute Gasteiger partial charge is 0.492 e. The third kappa shape index (κ3) is 6.56. The van der Waals surface area contributed by atoms with Crippen LogP contribution in [0.3, 0.4) is 0 Å². The summed E-state index contributed by atoms with van der Waals surface area (Å²) in [5.74, 6) is 1.68. The van der Waals surface area contributed by atoms with E-state index in [9.17, 15) is 8.42 Å². The van der Waals surface area contributed by atoms with Gasteiger partial charge in [-0.1, -0.05) is 37.3 Å². The normalized spacial score (nSPS) is 14.2. The molecule has 0 radical (unpaired) electrons. The van der Waals surface area contributed by atoms with Crippen molar-refractivity contribution < 1.29 is 13.2 Å². The van der Waals surface area contributed by atoms with Crippen molar-refractivity contribution in [2.45, 2.75) is 30.7 Å². The Morgan fingerprint density at radius 3 is 2.29 bits per heavy atom. The molecule has 0 aliphatic rings. The zero-order chi connectivity index (χ0) is 20.6. The molecule has 0 saturated carbocycles. The zero-order valence-electron chi connectivity index (χ0n) is 16.8. The number of nitrogens with zero attached hydrogens (tertiary/aromatic N) is 1. The summed E-state index contributed by atoms with van der Waals surface area (Å²) < 4.78 is 28.6. The molecule has 2 atom stereocenters. The highest BCUT2D eigenvalue weighted by Crippen LogP contribution is 2.18. The van der Waals surface area contributed by atoms with Crippen molar-refractivity contribution in [1.82, 2.24) is 10.6 Å². The number of hydrogen-bond acceptors (Lipinski definition) is 4. The van der Waals surface area contributed by atoms with Gasteiger partial charge in [-0.05, 0) is 36.8 Å². The molecule has 0 fully saturated rings. The fourth-order valence-electron chi connectivity index (χ4n) is 2.70. The second-order valence-electron chi connectivity index (χ2n) is 6.72. The van der Waals surface area contributed by atoms with Crippen molar-refractivity contribution in [3.8, 4) is 5.75 Å². The molecule has 152 valence electrons. The van der Waals surface area contributed by atoms with Gasteiger partial charge >= 0.3 is 0 Å². The van der Waals surface area contributed by atoms with E-state index in [2.05, 4.69) is 41.6 Å². The van der Waals surface area contributed by atoms with Gasteiger partial charge in [-0.2, -0.15) is 0 Å². The molecule has 2 unspecified atom stereocenters. The fourth-order valence-corrected chi connectivity index (χ4v) is 3.33. The number of hydrogen-bond donors (Lipinski definition) is 2. The first-order chi connectivity index (χ1) is 13.3. The van der Waals surface area contributed by atoms with E-state index >= 15 is 0 Å². The van der Waals surface area contributed by atoms with Gasteiger partial charge < -0.3 is 15.4 Å². The van der Waals surface area contributed by atoms with Gasteiger partial charge in [0.15, 0.2) is 15.8 Å². The molecule has 0 aromatic heterocycles. The van der Waals surface area contributed by atoms with Crippen molar-refractivity contribution in [3.05, 3.63) is 60.2 Å². The van der Waals surface area contributed by atoms with Gasteiger partial charge in [-0.3, -0.25) is 4.99 Å². The standard InChI is InChI=1S/C21H29N3O3S/c1-16(18-8-6-5-7-9-18)17(2)24-21(22-3)23-14-15-27-19-10-12-20(13-11-19)28(4,25)26/h5-13,16-17H,14-15H2,1-4H3,(H2,22,23,24). The zero-order valence-corrected chi connectivity index (χ0v) is 17.7. The first kappa shape index (κ1) is 21.8. The molecule has 2 rings (SSSR count). The van der Waals surface area contributed by atoms with Crippen molar-refractivity contribution in [2.24, 2.45) is 4.99 Å². The molecule has 0 aliphatic carbocycles. The smallest absolute Gasteiger partial charge is 0.191 e. The Labute approximate surface area is 168 Å². The van der Waals surface area contributed by atoms with Gasteiger partial charge in [-0.25, -0.2) is 8.42 Å². The fraction of sp³-hybridized carbons (Fsp3) is 0.381. The molecule has 0 heterocycles. The summed E-state index contributed by atoms with van der Waals surface area (Å²) in [4.78, 5) is 4.54. The number of ether oxygens (including phenoxy) is 1. The summed E-state index contributed by atoms with van der Waals surface area (Å²) in [6.45, 7) is 5.31. The topological polar surface area (TPSA) is 79.8 Å². The number of sulfone groups is 1. The lowest BCUT2D eigenvalue weighted by atomic mass is 9.94. The van der Waals surface area contributed by atoms with E-state index in [-0.39, 0.29) is 10.9 Å². The number of rotatable bonds is 8. The molecule has 2 N–H and O–H groups in total. The molecule has 0 aliphatic heterocycles. The van der Waals surface area contributed by atoms with E-state index < -0.39 is 9.84 Å². The molecule has 0 spiro atoms. The Bertz CT molecular complexity index is 866. The number of guanidine groups is 1. The molecule has 6 nitrogen and oxygen atoms in total. The molecule has 2 aromatic rings. The lowest BCUT2D eigenvalue weighted by molar-refractivity contribution is 0.321. The van der Waals surface area contributed by atoms with Gasteiger partial charge in [0.2, 0.25) is 0 Å². The predicted molar refractivity (Wildman–Crippen MR) is 114 cm³/mol. The second kappa shape index (κ2) is 10.1. The van der Waals surface area contributed by atoms with E-state index in [1.54, 1.807) is 31.3 Å². The van der Waals surface area contributed by atoms with Crippen LogP contribution < -0.4 is 15.4 Å².